The summed E-state index contributed by atoms with van der Waals surface area (Å²) in [5.41, 5.74) is 6.36. The zero-order chi connectivity index (χ0) is 20.8. The van der Waals surface area contributed by atoms with Gasteiger partial charge in [0, 0.05) is 32.7 Å². The van der Waals surface area contributed by atoms with Crippen LogP contribution in [0.2, 0.25) is 0 Å². The number of carboxylic acids is 1. The average Bonchev–Trinajstić information content (AvgIpc) is 2.97. The van der Waals surface area contributed by atoms with Gasteiger partial charge >= 0.3 is 12.1 Å². The highest BCUT2D eigenvalue weighted by Crippen LogP contribution is 2.24. The minimum absolute atomic E-state index is 0.189. The summed E-state index contributed by atoms with van der Waals surface area (Å²) in [5.74, 6) is -0.473. The summed E-state index contributed by atoms with van der Waals surface area (Å²) in [6, 6.07) is 5.88. The molecule has 0 aliphatic carbocycles. The summed E-state index contributed by atoms with van der Waals surface area (Å²) in [6.07, 6.45) is 0.108. The second-order valence-electron chi connectivity index (χ2n) is 7.54. The highest BCUT2D eigenvalue weighted by molar-refractivity contribution is 5.73. The maximum atomic E-state index is 12.2. The number of ether oxygens (including phenoxy) is 2. The molecular weight excluding hydrogens is 376 g/mol. The van der Waals surface area contributed by atoms with Crippen LogP contribution in [0, 0.1) is 0 Å². The molecule has 160 valence electrons. The lowest BCUT2D eigenvalue weighted by Gasteiger charge is -2.28. The van der Waals surface area contributed by atoms with Gasteiger partial charge in [0.25, 0.3) is 6.29 Å². The van der Waals surface area contributed by atoms with Gasteiger partial charge in [-0.15, -0.1) is 0 Å². The fourth-order valence-corrected chi connectivity index (χ4v) is 3.58. The van der Waals surface area contributed by atoms with Crippen molar-refractivity contribution in [3.05, 3.63) is 29.8 Å². The molecule has 29 heavy (non-hydrogen) atoms. The van der Waals surface area contributed by atoms with E-state index in [1.807, 2.05) is 6.92 Å². The molecule has 1 amide bonds. The highest BCUT2D eigenvalue weighted by Gasteiger charge is 2.40. The second-order valence-corrected chi connectivity index (χ2v) is 7.54. The van der Waals surface area contributed by atoms with E-state index in [-0.39, 0.29) is 18.6 Å². The molecular formula is C20H30N4O5. The van der Waals surface area contributed by atoms with Crippen LogP contribution in [0.3, 0.4) is 0 Å². The van der Waals surface area contributed by atoms with E-state index >= 15 is 0 Å². The molecule has 1 aromatic rings. The fraction of sp³-hybridized carbons (Fsp3) is 0.600. The lowest BCUT2D eigenvalue weighted by atomic mass is 10.1. The van der Waals surface area contributed by atoms with E-state index < -0.39 is 18.3 Å². The number of rotatable bonds is 9. The zero-order valence-corrected chi connectivity index (χ0v) is 16.8. The van der Waals surface area contributed by atoms with E-state index in [0.29, 0.717) is 12.3 Å². The number of carbonyl (C=O) groups excluding carboxylic acids is 1. The Labute approximate surface area is 170 Å². The Morgan fingerprint density at radius 3 is 2.66 bits per heavy atom. The summed E-state index contributed by atoms with van der Waals surface area (Å²) in [5, 5.41) is 12.2. The molecule has 4 N–H and O–H groups in total. The number of nitrogens with one attached hydrogen (secondary N) is 1. The van der Waals surface area contributed by atoms with Crippen LogP contribution in [0.4, 0.5) is 4.79 Å². The van der Waals surface area contributed by atoms with Crippen molar-refractivity contribution in [3.63, 3.8) is 0 Å². The monoisotopic (exact) mass is 406 g/mol. The van der Waals surface area contributed by atoms with Crippen molar-refractivity contribution in [1.29, 1.82) is 0 Å². The van der Waals surface area contributed by atoms with Gasteiger partial charge in [-0.1, -0.05) is 12.1 Å². The molecule has 2 saturated heterocycles. The number of carboxylic acid groups (broad SMARTS) is 1. The Balaban J connectivity index is 1.47. The van der Waals surface area contributed by atoms with Gasteiger partial charge in [-0.2, -0.15) is 0 Å². The molecule has 0 radical (unpaired) electrons. The van der Waals surface area contributed by atoms with Crippen LogP contribution >= 0.6 is 0 Å². The van der Waals surface area contributed by atoms with Crippen LogP contribution in [0.15, 0.2) is 24.3 Å². The van der Waals surface area contributed by atoms with E-state index in [1.165, 1.54) is 0 Å². The average molecular weight is 406 g/mol. The number of hydrogen-bond acceptors (Lipinski definition) is 7. The van der Waals surface area contributed by atoms with Gasteiger partial charge in [0.15, 0.2) is 0 Å². The molecule has 0 aromatic heterocycles. The van der Waals surface area contributed by atoms with Gasteiger partial charge in [0.2, 0.25) is 0 Å². The summed E-state index contributed by atoms with van der Waals surface area (Å²) >= 11 is 0. The number of cyclic esters (lactones) is 1. The Kier molecular flexibility index (Phi) is 7.29. The number of aliphatic carboxylic acids is 1. The van der Waals surface area contributed by atoms with E-state index in [9.17, 15) is 9.59 Å². The summed E-state index contributed by atoms with van der Waals surface area (Å²) in [6.45, 7) is 7.62. The minimum atomic E-state index is -1.03. The number of piperazine rings is 1. The molecule has 0 saturated carbocycles. The van der Waals surface area contributed by atoms with Crippen LogP contribution in [0.5, 0.6) is 5.75 Å². The Bertz CT molecular complexity index is 693. The Morgan fingerprint density at radius 1 is 1.31 bits per heavy atom. The fourth-order valence-electron chi connectivity index (χ4n) is 3.58. The summed E-state index contributed by atoms with van der Waals surface area (Å²) in [7, 11) is 0. The van der Waals surface area contributed by atoms with Crippen molar-refractivity contribution >= 4 is 12.1 Å². The summed E-state index contributed by atoms with van der Waals surface area (Å²) in [4.78, 5) is 27.2. The number of benzene rings is 1. The molecule has 2 fully saturated rings. The van der Waals surface area contributed by atoms with E-state index in [4.69, 9.17) is 20.3 Å². The molecule has 9 nitrogen and oxygen atoms in total. The molecule has 2 heterocycles. The third-order valence-electron chi connectivity index (χ3n) is 5.37. The van der Waals surface area contributed by atoms with Crippen LogP contribution in [0.25, 0.3) is 0 Å². The third kappa shape index (κ3) is 5.81. The number of hydrogen-bond donors (Lipinski definition) is 3. The third-order valence-corrected chi connectivity index (χ3v) is 5.37. The first-order valence-electron chi connectivity index (χ1n) is 10.1. The van der Waals surface area contributed by atoms with Crippen molar-refractivity contribution in [1.82, 2.24) is 15.1 Å². The summed E-state index contributed by atoms with van der Waals surface area (Å²) < 4.78 is 11.2. The van der Waals surface area contributed by atoms with Crippen LogP contribution in [0.1, 0.15) is 18.9 Å². The second kappa shape index (κ2) is 9.91. The van der Waals surface area contributed by atoms with Crippen molar-refractivity contribution in [2.24, 2.45) is 5.73 Å². The first kappa shape index (κ1) is 21.4. The Morgan fingerprint density at radius 2 is 2.00 bits per heavy atom. The normalized spacial score (nSPS) is 23.7. The predicted molar refractivity (Wildman–Crippen MR) is 107 cm³/mol. The first-order chi connectivity index (χ1) is 13.9. The molecule has 2 aliphatic heterocycles. The maximum Gasteiger partial charge on any atom is 0.413 e. The van der Waals surface area contributed by atoms with Crippen LogP contribution in [-0.4, -0.2) is 84.6 Å². The van der Waals surface area contributed by atoms with Gasteiger partial charge in [-0.05, 0) is 44.0 Å². The number of amides is 1. The quantitative estimate of drug-likeness (QED) is 0.542. The highest BCUT2D eigenvalue weighted by atomic mass is 16.7. The molecule has 3 rings (SSSR count). The maximum absolute atomic E-state index is 12.2. The van der Waals surface area contributed by atoms with Crippen LogP contribution < -0.4 is 15.8 Å². The first-order valence-corrected chi connectivity index (χ1v) is 10.1. The van der Waals surface area contributed by atoms with Crippen molar-refractivity contribution in [3.8, 4) is 5.75 Å². The van der Waals surface area contributed by atoms with Crippen LogP contribution in [-0.2, 0) is 16.0 Å². The van der Waals surface area contributed by atoms with Crippen molar-refractivity contribution < 1.29 is 24.2 Å². The number of nitrogens with two attached hydrogens (primary N) is 1. The predicted octanol–water partition coefficient (Wildman–Crippen LogP) is 0.482. The van der Waals surface area contributed by atoms with Gasteiger partial charge < -0.3 is 30.5 Å². The van der Waals surface area contributed by atoms with E-state index in [0.717, 1.165) is 44.7 Å². The lowest BCUT2D eigenvalue weighted by Crippen LogP contribution is -2.44. The molecule has 0 spiro atoms. The van der Waals surface area contributed by atoms with Gasteiger partial charge in [0.1, 0.15) is 17.8 Å². The minimum Gasteiger partial charge on any atom is -0.480 e. The SMILES string of the molecule is CC1C(Oc2ccc(CC(N)C(=O)O)cc2)OC(=O)N1CCCN1CCNCC1. The van der Waals surface area contributed by atoms with E-state index in [1.54, 1.807) is 29.2 Å². The van der Waals surface area contributed by atoms with Gasteiger partial charge in [-0.3, -0.25) is 9.69 Å². The van der Waals surface area contributed by atoms with Gasteiger partial charge in [-0.25, -0.2) is 4.79 Å². The standard InChI is InChI=1S/C20H30N4O5/c1-14-19(28-16-5-3-15(4-6-16)13-17(21)18(25)26)29-20(27)24(14)10-2-9-23-11-7-22-8-12-23/h3-6,14,17,19,22H,2,7-13,21H2,1H3,(H,25,26). The molecule has 1 aromatic carbocycles. The number of nitrogens with zero attached hydrogens (tertiary/aromatic N) is 2. The number of carbonyl (C=O) groups is 2. The van der Waals surface area contributed by atoms with Crippen molar-refractivity contribution in [2.45, 2.75) is 38.1 Å². The Hall–Kier alpha value is -2.36. The molecule has 9 heteroatoms. The lowest BCUT2D eigenvalue weighted by molar-refractivity contribution is -0.138. The van der Waals surface area contributed by atoms with Crippen molar-refractivity contribution in [2.75, 3.05) is 39.3 Å². The molecule has 3 unspecified atom stereocenters. The molecule has 2 aliphatic rings. The molecule has 3 atom stereocenters. The zero-order valence-electron chi connectivity index (χ0n) is 16.8. The van der Waals surface area contributed by atoms with E-state index in [2.05, 4.69) is 10.2 Å². The van der Waals surface area contributed by atoms with Gasteiger partial charge in [0.05, 0.1) is 0 Å². The largest absolute Gasteiger partial charge is 0.480 e. The smallest absolute Gasteiger partial charge is 0.413 e. The topological polar surface area (TPSA) is 117 Å². The molecule has 0 bridgehead atoms.